The predicted octanol–water partition coefficient (Wildman–Crippen LogP) is 4.55. The van der Waals surface area contributed by atoms with Crippen LogP contribution in [-0.4, -0.2) is 30.3 Å². The average molecular weight is 455 g/mol. The lowest BCUT2D eigenvalue weighted by molar-refractivity contribution is -0.142. The zero-order valence-electron chi connectivity index (χ0n) is 17.8. The Bertz CT molecular complexity index is 817. The van der Waals surface area contributed by atoms with Gasteiger partial charge in [-0.2, -0.15) is 0 Å². The molecule has 0 radical (unpaired) electrons. The van der Waals surface area contributed by atoms with Gasteiger partial charge in [-0.3, -0.25) is 4.79 Å². The van der Waals surface area contributed by atoms with E-state index in [-0.39, 0.29) is 42.9 Å². The monoisotopic (exact) mass is 454 g/mol. The summed E-state index contributed by atoms with van der Waals surface area (Å²) in [5.74, 6) is -0.0518. The third-order valence-corrected chi connectivity index (χ3v) is 5.67. The van der Waals surface area contributed by atoms with Crippen LogP contribution in [0.4, 0.5) is 0 Å². The SMILES string of the molecule is COc1ccc(C(C)C)cc1CN[C@H]1[C@H](C(=O)O)[C@@H](C)N[C@H]1c1ccccc1.Cl.Cl. The van der Waals surface area contributed by atoms with Crippen LogP contribution in [-0.2, 0) is 11.3 Å². The van der Waals surface area contributed by atoms with Crippen molar-refractivity contribution in [3.05, 3.63) is 65.2 Å². The highest BCUT2D eigenvalue weighted by Crippen LogP contribution is 2.33. The Morgan fingerprint density at radius 1 is 1.17 bits per heavy atom. The summed E-state index contributed by atoms with van der Waals surface area (Å²) in [7, 11) is 1.67. The van der Waals surface area contributed by atoms with E-state index >= 15 is 0 Å². The number of aliphatic carboxylic acids is 1. The molecule has 1 heterocycles. The number of hydrogen-bond acceptors (Lipinski definition) is 4. The Morgan fingerprint density at radius 3 is 2.40 bits per heavy atom. The van der Waals surface area contributed by atoms with Crippen LogP contribution < -0.4 is 15.4 Å². The van der Waals surface area contributed by atoms with E-state index in [9.17, 15) is 9.90 Å². The van der Waals surface area contributed by atoms with Gasteiger partial charge in [0.2, 0.25) is 0 Å². The molecule has 30 heavy (non-hydrogen) atoms. The van der Waals surface area contributed by atoms with Gasteiger partial charge >= 0.3 is 5.97 Å². The van der Waals surface area contributed by atoms with Crippen molar-refractivity contribution in [3.8, 4) is 5.75 Å². The maximum atomic E-state index is 12.0. The normalized spacial score (nSPS) is 22.8. The molecular formula is C23H32Cl2N2O3. The number of hydrogen-bond donors (Lipinski definition) is 3. The fourth-order valence-electron chi connectivity index (χ4n) is 4.11. The van der Waals surface area contributed by atoms with Gasteiger partial charge in [-0.1, -0.05) is 56.3 Å². The molecular weight excluding hydrogens is 423 g/mol. The van der Waals surface area contributed by atoms with E-state index in [4.69, 9.17) is 4.74 Å². The molecule has 3 rings (SSSR count). The second-order valence-electron chi connectivity index (χ2n) is 7.84. The summed E-state index contributed by atoms with van der Waals surface area (Å²) in [5.41, 5.74) is 3.38. The van der Waals surface area contributed by atoms with Crippen LogP contribution >= 0.6 is 24.8 Å². The molecule has 1 saturated heterocycles. The molecule has 0 unspecified atom stereocenters. The lowest BCUT2D eigenvalue weighted by Crippen LogP contribution is -2.41. The molecule has 0 bridgehead atoms. The van der Waals surface area contributed by atoms with Gasteiger partial charge in [0.1, 0.15) is 5.75 Å². The minimum Gasteiger partial charge on any atom is -0.496 e. The Kier molecular flexibility index (Phi) is 10.1. The average Bonchev–Trinajstić information content (AvgIpc) is 3.03. The van der Waals surface area contributed by atoms with E-state index in [2.05, 4.69) is 36.6 Å². The summed E-state index contributed by atoms with van der Waals surface area (Å²) in [6, 6.07) is 15.9. The largest absolute Gasteiger partial charge is 0.496 e. The highest BCUT2D eigenvalue weighted by atomic mass is 35.5. The van der Waals surface area contributed by atoms with Crippen molar-refractivity contribution in [2.45, 2.75) is 51.4 Å². The number of nitrogens with one attached hydrogen (secondary N) is 2. The van der Waals surface area contributed by atoms with E-state index in [1.165, 1.54) is 5.56 Å². The zero-order chi connectivity index (χ0) is 20.3. The number of carboxylic acid groups (broad SMARTS) is 1. The second-order valence-corrected chi connectivity index (χ2v) is 7.84. The fourth-order valence-corrected chi connectivity index (χ4v) is 4.11. The van der Waals surface area contributed by atoms with Crippen LogP contribution in [0.3, 0.4) is 0 Å². The second kappa shape index (κ2) is 11.6. The number of ether oxygens (including phenoxy) is 1. The van der Waals surface area contributed by atoms with Crippen LogP contribution in [0.1, 0.15) is 49.4 Å². The third kappa shape index (κ3) is 5.67. The topological polar surface area (TPSA) is 70.6 Å². The molecule has 0 aromatic heterocycles. The molecule has 1 aliphatic heterocycles. The molecule has 7 heteroatoms. The van der Waals surface area contributed by atoms with Crippen LogP contribution in [0, 0.1) is 5.92 Å². The molecule has 166 valence electrons. The Hall–Kier alpha value is -1.79. The molecule has 1 fully saturated rings. The van der Waals surface area contributed by atoms with Crippen molar-refractivity contribution < 1.29 is 14.6 Å². The highest BCUT2D eigenvalue weighted by Gasteiger charge is 2.45. The van der Waals surface area contributed by atoms with Crippen molar-refractivity contribution in [2.24, 2.45) is 5.92 Å². The van der Waals surface area contributed by atoms with Gasteiger partial charge in [0.05, 0.1) is 13.0 Å². The molecule has 0 saturated carbocycles. The van der Waals surface area contributed by atoms with E-state index in [1.54, 1.807) is 7.11 Å². The van der Waals surface area contributed by atoms with E-state index < -0.39 is 11.9 Å². The number of rotatable bonds is 7. The van der Waals surface area contributed by atoms with E-state index in [1.807, 2.05) is 43.3 Å². The molecule has 0 aliphatic carbocycles. The number of carboxylic acids is 1. The lowest BCUT2D eigenvalue weighted by atomic mass is 9.91. The van der Waals surface area contributed by atoms with Crippen molar-refractivity contribution >= 4 is 30.8 Å². The molecule has 1 aliphatic rings. The van der Waals surface area contributed by atoms with Gasteiger partial charge in [-0.15, -0.1) is 24.8 Å². The summed E-state index contributed by atoms with van der Waals surface area (Å²) >= 11 is 0. The molecule has 2 aromatic rings. The zero-order valence-corrected chi connectivity index (χ0v) is 19.4. The predicted molar refractivity (Wildman–Crippen MR) is 125 cm³/mol. The maximum absolute atomic E-state index is 12.0. The number of carbonyl (C=O) groups is 1. The first kappa shape index (κ1) is 26.2. The number of benzene rings is 2. The molecule has 3 N–H and O–H groups in total. The minimum atomic E-state index is -0.779. The Balaban J connectivity index is 0.00000225. The van der Waals surface area contributed by atoms with Crippen molar-refractivity contribution in [2.75, 3.05) is 7.11 Å². The fraction of sp³-hybridized carbons (Fsp3) is 0.435. The Labute approximate surface area is 191 Å². The van der Waals surface area contributed by atoms with Crippen molar-refractivity contribution in [1.82, 2.24) is 10.6 Å². The highest BCUT2D eigenvalue weighted by molar-refractivity contribution is 5.85. The van der Waals surface area contributed by atoms with Gasteiger partial charge in [0.25, 0.3) is 0 Å². The van der Waals surface area contributed by atoms with Crippen LogP contribution in [0.25, 0.3) is 0 Å². The summed E-state index contributed by atoms with van der Waals surface area (Å²) < 4.78 is 5.53. The first-order valence-electron chi connectivity index (χ1n) is 9.86. The molecule has 0 spiro atoms. The minimum absolute atomic E-state index is 0. The maximum Gasteiger partial charge on any atom is 0.309 e. The van der Waals surface area contributed by atoms with Crippen molar-refractivity contribution in [3.63, 3.8) is 0 Å². The van der Waals surface area contributed by atoms with Gasteiger partial charge in [0.15, 0.2) is 0 Å². The standard InChI is InChI=1S/C23H30N2O3.2ClH/c1-14(2)17-10-11-19(28-4)18(12-17)13-24-22-20(23(26)27)15(3)25-21(22)16-8-6-5-7-9-16;;/h5-12,14-15,20-22,24-25H,13H2,1-4H3,(H,26,27);2*1H/t15-,20-,21+,22+;;/m1../s1. The van der Waals surface area contributed by atoms with Crippen LogP contribution in [0.2, 0.25) is 0 Å². The summed E-state index contributed by atoms with van der Waals surface area (Å²) in [5, 5.41) is 16.8. The molecule has 4 atom stereocenters. The Morgan fingerprint density at radius 2 is 1.83 bits per heavy atom. The van der Waals surface area contributed by atoms with Gasteiger partial charge in [0, 0.05) is 30.2 Å². The lowest BCUT2D eigenvalue weighted by Gasteiger charge is -2.25. The molecule has 2 aromatic carbocycles. The van der Waals surface area contributed by atoms with Crippen LogP contribution in [0.5, 0.6) is 5.75 Å². The van der Waals surface area contributed by atoms with Gasteiger partial charge in [-0.05, 0) is 30.0 Å². The third-order valence-electron chi connectivity index (χ3n) is 5.67. The summed E-state index contributed by atoms with van der Waals surface area (Å²) in [4.78, 5) is 12.0. The summed E-state index contributed by atoms with van der Waals surface area (Å²) in [6.07, 6.45) is 0. The molecule has 5 nitrogen and oxygen atoms in total. The quantitative estimate of drug-likeness (QED) is 0.571. The van der Waals surface area contributed by atoms with E-state index in [0.717, 1.165) is 16.9 Å². The van der Waals surface area contributed by atoms with Crippen molar-refractivity contribution in [1.29, 1.82) is 0 Å². The van der Waals surface area contributed by atoms with Gasteiger partial charge in [-0.25, -0.2) is 0 Å². The first-order valence-corrected chi connectivity index (χ1v) is 9.86. The van der Waals surface area contributed by atoms with E-state index in [0.29, 0.717) is 12.5 Å². The molecule has 0 amide bonds. The number of halogens is 2. The van der Waals surface area contributed by atoms with Crippen LogP contribution in [0.15, 0.2) is 48.5 Å². The number of methoxy groups -OCH3 is 1. The van der Waals surface area contributed by atoms with Gasteiger partial charge < -0.3 is 20.5 Å². The smallest absolute Gasteiger partial charge is 0.309 e. The summed E-state index contributed by atoms with van der Waals surface area (Å²) in [6.45, 7) is 6.81. The first-order chi connectivity index (χ1) is 13.4.